The van der Waals surface area contributed by atoms with Crippen molar-refractivity contribution in [3.8, 4) is 11.5 Å². The average molecular weight is 450 g/mol. The number of amidine groups is 1. The number of aromatic nitrogens is 1. The fraction of sp³-hybridized carbons (Fsp3) is 0.300. The summed E-state index contributed by atoms with van der Waals surface area (Å²) in [6.07, 6.45) is 0.779. The normalized spacial score (nSPS) is 16.1. The van der Waals surface area contributed by atoms with Crippen LogP contribution in [0.1, 0.15) is 25.8 Å². The van der Waals surface area contributed by atoms with Crippen LogP contribution in [-0.2, 0) is 6.54 Å². The summed E-state index contributed by atoms with van der Waals surface area (Å²) in [6, 6.07) is 6.62. The minimum absolute atomic E-state index is 0.0924. The highest BCUT2D eigenvalue weighted by Crippen LogP contribution is 2.57. The number of fused-ring (bicyclic) bond motifs is 2. The molecule has 0 atom stereocenters. The quantitative estimate of drug-likeness (QED) is 0.448. The molecule has 0 saturated carbocycles. The lowest BCUT2D eigenvalue weighted by Gasteiger charge is -2.34. The predicted molar refractivity (Wildman–Crippen MR) is 121 cm³/mol. The van der Waals surface area contributed by atoms with E-state index in [0.717, 1.165) is 6.42 Å². The van der Waals surface area contributed by atoms with Crippen LogP contribution in [0.15, 0.2) is 43.7 Å². The number of nitrogens with one attached hydrogen (secondary N) is 1. The van der Waals surface area contributed by atoms with E-state index in [0.29, 0.717) is 34.1 Å². The van der Waals surface area contributed by atoms with E-state index < -0.39 is 16.3 Å². The van der Waals surface area contributed by atoms with Crippen molar-refractivity contribution < 1.29 is 18.9 Å². The van der Waals surface area contributed by atoms with Crippen molar-refractivity contribution in [2.24, 2.45) is 10.3 Å². The second-order valence-electron chi connectivity index (χ2n) is 7.41. The molecular weight excluding hydrogens is 426 g/mol. The molecule has 0 amide bonds. The third-order valence-corrected chi connectivity index (χ3v) is 7.26. The van der Waals surface area contributed by atoms with Crippen LogP contribution in [0, 0.1) is 5.92 Å². The van der Waals surface area contributed by atoms with E-state index in [-0.39, 0.29) is 22.0 Å². The molecule has 8 nitrogen and oxygen atoms in total. The molecule has 160 valence electrons. The van der Waals surface area contributed by atoms with Gasteiger partial charge in [-0.15, -0.1) is 15.7 Å². The van der Waals surface area contributed by atoms with E-state index in [1.165, 1.54) is 24.5 Å². The van der Waals surface area contributed by atoms with E-state index in [4.69, 9.17) is 4.74 Å². The van der Waals surface area contributed by atoms with Gasteiger partial charge >= 0.3 is 0 Å². The van der Waals surface area contributed by atoms with Gasteiger partial charge in [-0.2, -0.15) is 0 Å². The van der Waals surface area contributed by atoms with Crippen molar-refractivity contribution in [3.05, 3.63) is 45.6 Å². The fourth-order valence-electron chi connectivity index (χ4n) is 3.43. The number of rotatable bonds is 5. The Hall–Kier alpha value is -2.53. The highest BCUT2D eigenvalue weighted by molar-refractivity contribution is 8.23. The third-order valence-electron chi connectivity index (χ3n) is 4.98. The van der Waals surface area contributed by atoms with Gasteiger partial charge in [0.15, 0.2) is 11.6 Å². The monoisotopic (exact) mass is 449 g/mol. The van der Waals surface area contributed by atoms with Crippen LogP contribution in [-0.4, -0.2) is 31.7 Å². The fourth-order valence-corrected chi connectivity index (χ4v) is 5.45. The number of para-hydroxylation sites is 1. The minimum Gasteiger partial charge on any atom is -0.505 e. The molecule has 1 aliphatic rings. The number of thiophene rings is 1. The molecule has 0 unspecified atom stereocenters. The molecule has 2 aromatic heterocycles. The summed E-state index contributed by atoms with van der Waals surface area (Å²) in [7, 11) is -2.13. The molecule has 0 saturated heterocycles. The summed E-state index contributed by atoms with van der Waals surface area (Å²) >= 11 is 1.31. The van der Waals surface area contributed by atoms with Gasteiger partial charge in [0.05, 0.1) is 17.3 Å². The van der Waals surface area contributed by atoms with E-state index in [1.807, 2.05) is 5.38 Å². The van der Waals surface area contributed by atoms with Crippen LogP contribution < -0.4 is 15.6 Å². The van der Waals surface area contributed by atoms with Gasteiger partial charge in [-0.25, -0.2) is 0 Å². The zero-order valence-corrected chi connectivity index (χ0v) is 18.4. The van der Waals surface area contributed by atoms with Crippen molar-refractivity contribution in [3.63, 3.8) is 0 Å². The van der Waals surface area contributed by atoms with Gasteiger partial charge in [-0.1, -0.05) is 30.7 Å². The Balaban J connectivity index is 1.93. The van der Waals surface area contributed by atoms with Gasteiger partial charge in [-0.3, -0.25) is 13.9 Å². The van der Waals surface area contributed by atoms with E-state index in [1.54, 1.807) is 22.8 Å². The van der Waals surface area contributed by atoms with E-state index in [9.17, 15) is 19.0 Å². The molecule has 1 aromatic carbocycles. The maximum Gasteiger partial charge on any atom is 0.265 e. The van der Waals surface area contributed by atoms with Crippen LogP contribution in [0.2, 0.25) is 0 Å². The van der Waals surface area contributed by atoms with Gasteiger partial charge in [-0.05, 0) is 35.9 Å². The molecule has 0 spiro atoms. The van der Waals surface area contributed by atoms with E-state index >= 15 is 0 Å². The molecule has 0 bridgehead atoms. The van der Waals surface area contributed by atoms with Crippen molar-refractivity contribution in [2.45, 2.75) is 31.7 Å². The zero-order chi connectivity index (χ0) is 21.6. The van der Waals surface area contributed by atoms with E-state index in [2.05, 4.69) is 23.6 Å². The van der Waals surface area contributed by atoms with Gasteiger partial charge in [0, 0.05) is 6.54 Å². The molecule has 4 N–H and O–H groups in total. The number of aromatic hydroxyl groups is 1. The highest BCUT2D eigenvalue weighted by atomic mass is 32.3. The number of anilines is 1. The number of ether oxygens (including phenoxy) is 1. The smallest absolute Gasteiger partial charge is 0.265 e. The first-order valence-electron chi connectivity index (χ1n) is 9.40. The van der Waals surface area contributed by atoms with Gasteiger partial charge in [0.25, 0.3) is 5.56 Å². The van der Waals surface area contributed by atoms with Crippen LogP contribution in [0.5, 0.6) is 11.5 Å². The molecule has 3 aromatic rings. The third kappa shape index (κ3) is 3.35. The maximum atomic E-state index is 13.4. The molecule has 30 heavy (non-hydrogen) atoms. The molecule has 3 heterocycles. The Labute approximate surface area is 179 Å². The highest BCUT2D eigenvalue weighted by Gasteiger charge is 2.32. The second kappa shape index (κ2) is 7.62. The summed E-state index contributed by atoms with van der Waals surface area (Å²) in [5.41, 5.74) is 0.417. The predicted octanol–water partition coefficient (Wildman–Crippen LogP) is 4.72. The number of hydrogen-bond donors (Lipinski definition) is 4. The summed E-state index contributed by atoms with van der Waals surface area (Å²) in [5, 5.41) is 15.7. The Kier molecular flexibility index (Phi) is 5.27. The first-order valence-corrected chi connectivity index (χ1v) is 11.8. The van der Waals surface area contributed by atoms with Crippen LogP contribution in [0.4, 0.5) is 5.69 Å². The second-order valence-corrected chi connectivity index (χ2v) is 9.99. The molecule has 0 radical (unpaired) electrons. The lowest BCUT2D eigenvalue weighted by Crippen LogP contribution is -2.32. The van der Waals surface area contributed by atoms with Crippen molar-refractivity contribution >= 4 is 43.9 Å². The molecule has 10 heteroatoms. The Morgan fingerprint density at radius 3 is 2.77 bits per heavy atom. The number of aryl methyl sites for hydroxylation is 1. The number of methoxy groups -OCH3 is 1. The van der Waals surface area contributed by atoms with Crippen LogP contribution in [0.3, 0.4) is 0 Å². The molecule has 4 rings (SSSR count). The first-order chi connectivity index (χ1) is 14.2. The minimum atomic E-state index is -3.59. The SMILES string of the molecule is COc1cccc2c1NC(c1c(O)c3sccc3n(CCC(C)C)c1=O)=NS2(O)O. The topological polar surface area (TPSA) is 116 Å². The van der Waals surface area contributed by atoms with Gasteiger partial charge in [0.1, 0.15) is 21.9 Å². The van der Waals surface area contributed by atoms with Crippen LogP contribution in [0.25, 0.3) is 10.2 Å². The summed E-state index contributed by atoms with van der Waals surface area (Å²) in [4.78, 5) is 13.6. The molecule has 0 fully saturated rings. The Morgan fingerprint density at radius 2 is 2.07 bits per heavy atom. The van der Waals surface area contributed by atoms with Crippen molar-refractivity contribution in [2.75, 3.05) is 12.4 Å². The molecule has 0 aliphatic carbocycles. The maximum absolute atomic E-state index is 13.4. The number of benzene rings is 1. The van der Waals surface area contributed by atoms with Crippen molar-refractivity contribution in [1.82, 2.24) is 4.57 Å². The molecular formula is C20H23N3O5S2. The van der Waals surface area contributed by atoms with Gasteiger partial charge in [0.2, 0.25) is 0 Å². The lowest BCUT2D eigenvalue weighted by molar-refractivity contribution is 0.415. The number of pyridine rings is 1. The standard InChI is InChI=1S/C20H23N3O5S2/c1-11(2)7-9-23-12-8-10-29-18(12)17(24)15(20(23)25)19-21-16-13(28-3)5-4-6-14(16)30(26,27)22-19/h4-6,8,10-11,24,26-27H,7,9H2,1-3H3,(H,21,22). The first kappa shape index (κ1) is 20.7. The number of hydrogen-bond acceptors (Lipinski definition) is 8. The van der Waals surface area contributed by atoms with Gasteiger partial charge < -0.3 is 19.7 Å². The molecule has 1 aliphatic heterocycles. The summed E-state index contributed by atoms with van der Waals surface area (Å²) < 4.78 is 32.8. The summed E-state index contributed by atoms with van der Waals surface area (Å²) in [5.74, 6) is 0.432. The summed E-state index contributed by atoms with van der Waals surface area (Å²) in [6.45, 7) is 4.62. The lowest BCUT2D eigenvalue weighted by atomic mass is 10.1. The number of nitrogens with zero attached hydrogens (tertiary/aromatic N) is 2. The zero-order valence-electron chi connectivity index (χ0n) is 16.7. The van der Waals surface area contributed by atoms with Crippen LogP contribution >= 0.6 is 22.1 Å². The Bertz CT molecular complexity index is 1210. The largest absolute Gasteiger partial charge is 0.505 e. The average Bonchev–Trinajstić information content (AvgIpc) is 3.17. The van der Waals surface area contributed by atoms with Crippen molar-refractivity contribution in [1.29, 1.82) is 0 Å². The Morgan fingerprint density at radius 1 is 1.30 bits per heavy atom.